The van der Waals surface area contributed by atoms with E-state index >= 15 is 0 Å². The Hall–Kier alpha value is -1.95. The van der Waals surface area contributed by atoms with Crippen LogP contribution >= 0.6 is 0 Å². The molecule has 4 nitrogen and oxygen atoms in total. The van der Waals surface area contributed by atoms with Crippen LogP contribution in [0.25, 0.3) is 11.3 Å². The van der Waals surface area contributed by atoms with Gasteiger partial charge in [-0.05, 0) is 30.3 Å². The summed E-state index contributed by atoms with van der Waals surface area (Å²) < 4.78 is 28.1. The number of nitrogens with two attached hydrogens (primary N) is 1. The maximum Gasteiger partial charge on any atom is 0.387 e. The van der Waals surface area contributed by atoms with Crippen molar-refractivity contribution in [2.75, 3.05) is 0 Å². The van der Waals surface area contributed by atoms with Crippen LogP contribution in [0.15, 0.2) is 30.3 Å². The first-order chi connectivity index (χ1) is 8.19. The van der Waals surface area contributed by atoms with Gasteiger partial charge in [-0.1, -0.05) is 0 Å². The quantitative estimate of drug-likeness (QED) is 0.859. The Kier molecular flexibility index (Phi) is 3.34. The fourth-order valence-electron chi connectivity index (χ4n) is 1.42. The summed E-state index contributed by atoms with van der Waals surface area (Å²) in [7, 11) is 0. The first-order valence-electron chi connectivity index (χ1n) is 4.98. The summed E-state index contributed by atoms with van der Waals surface area (Å²) in [5.41, 5.74) is 7.78. The van der Waals surface area contributed by atoms with Crippen LogP contribution in [0.1, 0.15) is 5.69 Å². The average molecular weight is 239 g/mol. The number of halogens is 2. The van der Waals surface area contributed by atoms with Gasteiger partial charge in [0.15, 0.2) is 0 Å². The zero-order valence-electron chi connectivity index (χ0n) is 8.86. The predicted molar refractivity (Wildman–Crippen MR) is 58.5 cm³/mol. The number of alkyl halides is 2. The molecule has 6 heteroatoms. The molecule has 1 aromatic heterocycles. The van der Waals surface area contributed by atoms with Gasteiger partial charge in [-0.15, -0.1) is 0 Å². The maximum atomic E-state index is 11.9. The van der Waals surface area contributed by atoms with Crippen LogP contribution in [-0.4, -0.2) is 16.8 Å². The maximum absolute atomic E-state index is 11.9. The third kappa shape index (κ3) is 2.79. The molecule has 0 amide bonds. The van der Waals surface area contributed by atoms with Crippen molar-refractivity contribution < 1.29 is 13.5 Å². The number of aromatic amines is 1. The fraction of sp³-hybridized carbons (Fsp3) is 0.182. The van der Waals surface area contributed by atoms with Gasteiger partial charge in [-0.25, -0.2) is 0 Å². The summed E-state index contributed by atoms with van der Waals surface area (Å²) in [4.78, 5) is 0. The molecule has 3 N–H and O–H groups in total. The lowest BCUT2D eigenvalue weighted by atomic mass is 10.1. The second-order valence-corrected chi connectivity index (χ2v) is 3.39. The fourth-order valence-corrected chi connectivity index (χ4v) is 1.42. The van der Waals surface area contributed by atoms with E-state index in [4.69, 9.17) is 5.73 Å². The molecule has 0 spiro atoms. The van der Waals surface area contributed by atoms with E-state index in [0.29, 0.717) is 12.2 Å². The minimum absolute atomic E-state index is 0.123. The topological polar surface area (TPSA) is 63.9 Å². The van der Waals surface area contributed by atoms with Crippen molar-refractivity contribution in [3.63, 3.8) is 0 Å². The molecule has 0 atom stereocenters. The summed E-state index contributed by atoms with van der Waals surface area (Å²) in [6.07, 6.45) is 0. The molecule has 0 saturated heterocycles. The van der Waals surface area contributed by atoms with Crippen LogP contribution in [0, 0.1) is 0 Å². The largest absolute Gasteiger partial charge is 0.435 e. The van der Waals surface area contributed by atoms with Crippen molar-refractivity contribution in [3.8, 4) is 17.0 Å². The predicted octanol–water partition coefficient (Wildman–Crippen LogP) is 2.14. The Morgan fingerprint density at radius 2 is 2.00 bits per heavy atom. The number of aromatic nitrogens is 2. The van der Waals surface area contributed by atoms with Crippen molar-refractivity contribution in [1.82, 2.24) is 10.2 Å². The van der Waals surface area contributed by atoms with Crippen LogP contribution in [0.3, 0.4) is 0 Å². The standard InChI is InChI=1S/C11H11F2N3O/c12-11(13)17-9-3-1-7(2-4-9)10-5-8(6-14)15-16-10/h1-5,11H,6,14H2,(H,15,16). The van der Waals surface area contributed by atoms with Gasteiger partial charge >= 0.3 is 6.61 Å². The van der Waals surface area contributed by atoms with Crippen LogP contribution in [0.2, 0.25) is 0 Å². The number of benzene rings is 1. The molecule has 0 aliphatic rings. The van der Waals surface area contributed by atoms with Crippen molar-refractivity contribution >= 4 is 0 Å². The summed E-state index contributed by atoms with van der Waals surface area (Å²) in [6, 6.07) is 8.07. The lowest BCUT2D eigenvalue weighted by molar-refractivity contribution is -0.0498. The molecule has 0 aliphatic heterocycles. The molecule has 0 saturated carbocycles. The molecule has 2 rings (SSSR count). The van der Waals surface area contributed by atoms with Gasteiger partial charge in [0.25, 0.3) is 0 Å². The van der Waals surface area contributed by atoms with Crippen molar-refractivity contribution in [2.45, 2.75) is 13.2 Å². The van der Waals surface area contributed by atoms with Crippen molar-refractivity contribution in [2.24, 2.45) is 5.73 Å². The molecular weight excluding hydrogens is 228 g/mol. The van der Waals surface area contributed by atoms with Gasteiger partial charge in [-0.2, -0.15) is 13.9 Å². The Balaban J connectivity index is 2.17. The van der Waals surface area contributed by atoms with E-state index in [9.17, 15) is 8.78 Å². The number of hydrogen-bond donors (Lipinski definition) is 2. The summed E-state index contributed by atoms with van der Waals surface area (Å²) in [5.74, 6) is 0.123. The van der Waals surface area contributed by atoms with Gasteiger partial charge in [-0.3, -0.25) is 5.10 Å². The molecule has 2 aromatic rings. The molecule has 0 aliphatic carbocycles. The molecule has 90 valence electrons. The number of H-pyrrole nitrogens is 1. The number of nitrogens with zero attached hydrogens (tertiary/aromatic N) is 1. The number of hydrogen-bond acceptors (Lipinski definition) is 3. The summed E-state index contributed by atoms with van der Waals surface area (Å²) in [5, 5.41) is 6.83. The molecule has 17 heavy (non-hydrogen) atoms. The monoisotopic (exact) mass is 239 g/mol. The molecule has 0 bridgehead atoms. The molecule has 0 fully saturated rings. The number of nitrogens with one attached hydrogen (secondary N) is 1. The highest BCUT2D eigenvalue weighted by atomic mass is 19.3. The first kappa shape index (κ1) is 11.5. The van der Waals surface area contributed by atoms with Crippen LogP contribution in [0.4, 0.5) is 8.78 Å². The third-order valence-corrected chi connectivity index (χ3v) is 2.23. The summed E-state index contributed by atoms with van der Waals surface area (Å²) >= 11 is 0. The molecular formula is C11H11F2N3O. The highest BCUT2D eigenvalue weighted by Crippen LogP contribution is 2.22. The minimum atomic E-state index is -2.81. The Bertz CT molecular complexity index is 482. The van der Waals surface area contributed by atoms with Gasteiger partial charge in [0.1, 0.15) is 5.75 Å². The summed E-state index contributed by atoms with van der Waals surface area (Å²) in [6.45, 7) is -2.44. The smallest absolute Gasteiger partial charge is 0.387 e. The third-order valence-electron chi connectivity index (χ3n) is 2.23. The van der Waals surface area contributed by atoms with Gasteiger partial charge < -0.3 is 10.5 Å². The van der Waals surface area contributed by atoms with Gasteiger partial charge in [0.05, 0.1) is 5.69 Å². The minimum Gasteiger partial charge on any atom is -0.435 e. The molecule has 0 radical (unpaired) electrons. The second kappa shape index (κ2) is 4.92. The lowest BCUT2D eigenvalue weighted by Crippen LogP contribution is -2.01. The van der Waals surface area contributed by atoms with E-state index in [-0.39, 0.29) is 5.75 Å². The second-order valence-electron chi connectivity index (χ2n) is 3.39. The lowest BCUT2D eigenvalue weighted by Gasteiger charge is -2.04. The normalized spacial score (nSPS) is 10.8. The van der Waals surface area contributed by atoms with E-state index in [1.807, 2.05) is 6.07 Å². The van der Waals surface area contributed by atoms with Crippen molar-refractivity contribution in [3.05, 3.63) is 36.0 Å². The number of rotatable bonds is 4. The Morgan fingerprint density at radius 3 is 2.53 bits per heavy atom. The highest BCUT2D eigenvalue weighted by molar-refractivity contribution is 5.60. The van der Waals surface area contributed by atoms with E-state index in [2.05, 4.69) is 14.9 Å². The van der Waals surface area contributed by atoms with Crippen LogP contribution in [0.5, 0.6) is 5.75 Å². The molecule has 1 aromatic carbocycles. The first-order valence-corrected chi connectivity index (χ1v) is 4.98. The molecule has 0 unspecified atom stereocenters. The van der Waals surface area contributed by atoms with E-state index in [1.165, 1.54) is 12.1 Å². The van der Waals surface area contributed by atoms with E-state index in [0.717, 1.165) is 11.3 Å². The van der Waals surface area contributed by atoms with Gasteiger partial charge in [0.2, 0.25) is 0 Å². The Morgan fingerprint density at radius 1 is 1.29 bits per heavy atom. The van der Waals surface area contributed by atoms with Crippen LogP contribution in [-0.2, 0) is 6.54 Å². The van der Waals surface area contributed by atoms with E-state index < -0.39 is 6.61 Å². The van der Waals surface area contributed by atoms with Crippen molar-refractivity contribution in [1.29, 1.82) is 0 Å². The average Bonchev–Trinajstić information content (AvgIpc) is 2.78. The number of ether oxygens (including phenoxy) is 1. The highest BCUT2D eigenvalue weighted by Gasteiger charge is 2.06. The van der Waals surface area contributed by atoms with E-state index in [1.54, 1.807) is 12.1 Å². The Labute approximate surface area is 96.4 Å². The SMILES string of the molecule is NCc1cc(-c2ccc(OC(F)F)cc2)n[nH]1. The zero-order chi connectivity index (χ0) is 12.3. The zero-order valence-corrected chi connectivity index (χ0v) is 8.86. The van der Waals surface area contributed by atoms with Gasteiger partial charge in [0, 0.05) is 17.8 Å². The molecule has 1 heterocycles. The van der Waals surface area contributed by atoms with Crippen LogP contribution < -0.4 is 10.5 Å².